The zero-order valence-corrected chi connectivity index (χ0v) is 19.0. The molecule has 12 heteroatoms. The molecule has 0 saturated carbocycles. The van der Waals surface area contributed by atoms with Crippen LogP contribution in [-0.4, -0.2) is 16.8 Å². The summed E-state index contributed by atoms with van der Waals surface area (Å²) in [6.45, 7) is 0. The van der Waals surface area contributed by atoms with Gasteiger partial charge in [0.15, 0.2) is 0 Å². The lowest BCUT2D eigenvalue weighted by Crippen LogP contribution is -2.18. The molecule has 0 unspecified atom stereocenters. The first-order valence-electron chi connectivity index (χ1n) is 8.84. The molecule has 1 aromatic heterocycles. The van der Waals surface area contributed by atoms with Crippen molar-refractivity contribution in [3.63, 3.8) is 0 Å². The highest BCUT2D eigenvalue weighted by Crippen LogP contribution is 2.32. The van der Waals surface area contributed by atoms with Gasteiger partial charge >= 0.3 is 0 Å². The van der Waals surface area contributed by atoms with Crippen LogP contribution >= 0.6 is 23.2 Å². The van der Waals surface area contributed by atoms with Crippen LogP contribution in [0.5, 0.6) is 0 Å². The van der Waals surface area contributed by atoms with Crippen LogP contribution in [0.1, 0.15) is 0 Å². The molecule has 2 N–H and O–H groups in total. The minimum absolute atomic E-state index is 0.0206. The number of furan rings is 1. The molecule has 0 aliphatic carbocycles. The summed E-state index contributed by atoms with van der Waals surface area (Å²) in [4.78, 5) is -0.664. The highest BCUT2D eigenvalue weighted by Gasteiger charge is 2.24. The second kappa shape index (κ2) is 8.28. The number of sulfonamides is 2. The van der Waals surface area contributed by atoms with Crippen LogP contribution in [0.15, 0.2) is 81.1 Å². The van der Waals surface area contributed by atoms with E-state index >= 15 is 0 Å². The summed E-state index contributed by atoms with van der Waals surface area (Å²) >= 11 is 11.7. The van der Waals surface area contributed by atoms with Crippen molar-refractivity contribution in [1.82, 2.24) is 0 Å². The van der Waals surface area contributed by atoms with Gasteiger partial charge in [-0.2, -0.15) is 8.42 Å². The minimum atomic E-state index is -4.42. The van der Waals surface area contributed by atoms with E-state index in [1.807, 2.05) is 0 Å². The number of halogens is 3. The van der Waals surface area contributed by atoms with Crippen molar-refractivity contribution in [2.75, 3.05) is 9.44 Å². The molecule has 166 valence electrons. The van der Waals surface area contributed by atoms with Gasteiger partial charge in [0.25, 0.3) is 20.0 Å². The Labute approximate surface area is 192 Å². The molecule has 0 amide bonds. The number of hydrogen-bond donors (Lipinski definition) is 2. The predicted octanol–water partition coefficient (Wildman–Crippen LogP) is 5.48. The number of fused-ring (bicyclic) bond motifs is 1. The fourth-order valence-corrected chi connectivity index (χ4v) is 5.38. The lowest BCUT2D eigenvalue weighted by Gasteiger charge is -2.14. The summed E-state index contributed by atoms with van der Waals surface area (Å²) in [7, 11) is -8.67. The van der Waals surface area contributed by atoms with Crippen molar-refractivity contribution in [3.8, 4) is 0 Å². The average Bonchev–Trinajstić information content (AvgIpc) is 3.15. The van der Waals surface area contributed by atoms with Gasteiger partial charge in [0, 0.05) is 21.5 Å². The number of rotatable bonds is 6. The van der Waals surface area contributed by atoms with E-state index in [-0.39, 0.29) is 26.5 Å². The molecule has 1 heterocycles. The van der Waals surface area contributed by atoms with E-state index in [2.05, 4.69) is 9.44 Å². The molecule has 4 rings (SSSR count). The molecule has 0 saturated heterocycles. The molecule has 32 heavy (non-hydrogen) atoms. The summed E-state index contributed by atoms with van der Waals surface area (Å²) in [5, 5.41) is 0.342. The van der Waals surface area contributed by atoms with Gasteiger partial charge in [0.05, 0.1) is 11.4 Å². The van der Waals surface area contributed by atoms with E-state index in [1.54, 1.807) is 24.3 Å². The van der Waals surface area contributed by atoms with Crippen molar-refractivity contribution in [1.29, 1.82) is 0 Å². The first-order valence-corrected chi connectivity index (χ1v) is 12.6. The van der Waals surface area contributed by atoms with Gasteiger partial charge in [-0.15, -0.1) is 0 Å². The Hall–Kier alpha value is -2.79. The predicted molar refractivity (Wildman–Crippen MR) is 121 cm³/mol. The largest absolute Gasteiger partial charge is 0.443 e. The van der Waals surface area contributed by atoms with Gasteiger partial charge in [0.2, 0.25) is 5.09 Å². The Bertz CT molecular complexity index is 1520. The first-order chi connectivity index (χ1) is 15.0. The topological polar surface area (TPSA) is 105 Å². The standard InChI is InChI=1S/C20H13Cl2FN2O5S2/c21-13-6-8-19(15(23)10-13)31(26,27)24-16-7-5-14(22)11-17(16)25-32(28,29)20-9-12-3-1-2-4-18(12)30-20/h1-11,24-25H. The van der Waals surface area contributed by atoms with Crippen LogP contribution in [0.2, 0.25) is 10.0 Å². The zero-order chi connectivity index (χ0) is 23.1. The van der Waals surface area contributed by atoms with Crippen molar-refractivity contribution in [2.45, 2.75) is 9.99 Å². The van der Waals surface area contributed by atoms with Crippen LogP contribution in [0, 0.1) is 5.82 Å². The SMILES string of the molecule is O=S(=O)(Nc1cc(Cl)ccc1NS(=O)(=O)c1ccc(Cl)cc1F)c1cc2ccccc2o1. The van der Waals surface area contributed by atoms with E-state index in [0.29, 0.717) is 11.0 Å². The third-order valence-corrected chi connectivity index (χ3v) is 7.41. The molecular weight excluding hydrogens is 502 g/mol. The minimum Gasteiger partial charge on any atom is -0.443 e. The van der Waals surface area contributed by atoms with Gasteiger partial charge < -0.3 is 4.42 Å². The summed E-state index contributed by atoms with van der Waals surface area (Å²) in [6, 6.07) is 14.9. The zero-order valence-electron chi connectivity index (χ0n) is 15.8. The van der Waals surface area contributed by atoms with E-state index in [4.69, 9.17) is 27.6 Å². The maximum absolute atomic E-state index is 14.2. The molecule has 7 nitrogen and oxygen atoms in total. The molecular formula is C20H13Cl2FN2O5S2. The third kappa shape index (κ3) is 4.53. The monoisotopic (exact) mass is 514 g/mol. The second-order valence-electron chi connectivity index (χ2n) is 6.58. The van der Waals surface area contributed by atoms with Crippen LogP contribution in [0.3, 0.4) is 0 Å². The Morgan fingerprint density at radius 2 is 1.41 bits per heavy atom. The van der Waals surface area contributed by atoms with Crippen LogP contribution in [-0.2, 0) is 20.0 Å². The number of hydrogen-bond acceptors (Lipinski definition) is 5. The Morgan fingerprint density at radius 3 is 2.12 bits per heavy atom. The van der Waals surface area contributed by atoms with Crippen LogP contribution in [0.4, 0.5) is 15.8 Å². The van der Waals surface area contributed by atoms with E-state index in [1.165, 1.54) is 30.3 Å². The number of nitrogens with one attached hydrogen (secondary N) is 2. The Morgan fingerprint density at radius 1 is 0.750 bits per heavy atom. The summed E-state index contributed by atoms with van der Waals surface area (Å²) < 4.78 is 75.1. The van der Waals surface area contributed by atoms with Crippen molar-refractivity contribution in [3.05, 3.63) is 82.6 Å². The maximum atomic E-state index is 14.2. The highest BCUT2D eigenvalue weighted by molar-refractivity contribution is 7.93. The molecule has 0 radical (unpaired) electrons. The summed E-state index contributed by atoms with van der Waals surface area (Å²) in [5.74, 6) is -1.07. The van der Waals surface area contributed by atoms with Crippen LogP contribution in [0.25, 0.3) is 11.0 Å². The Balaban J connectivity index is 1.70. The second-order valence-corrected chi connectivity index (χ2v) is 10.7. The van der Waals surface area contributed by atoms with Gasteiger partial charge in [-0.05, 0) is 42.5 Å². The van der Waals surface area contributed by atoms with Crippen LogP contribution < -0.4 is 9.44 Å². The molecule has 0 fully saturated rings. The van der Waals surface area contributed by atoms with Crippen molar-refractivity contribution in [2.24, 2.45) is 0 Å². The lowest BCUT2D eigenvalue weighted by atomic mass is 10.3. The summed E-state index contributed by atoms with van der Waals surface area (Å²) in [6.07, 6.45) is 0. The van der Waals surface area contributed by atoms with E-state index < -0.39 is 30.8 Å². The molecule has 0 aliphatic rings. The molecule has 0 bridgehead atoms. The quantitative estimate of drug-likeness (QED) is 0.354. The molecule has 0 atom stereocenters. The first kappa shape index (κ1) is 22.4. The fraction of sp³-hybridized carbons (Fsp3) is 0. The smallest absolute Gasteiger partial charge is 0.295 e. The van der Waals surface area contributed by atoms with E-state index in [0.717, 1.165) is 12.1 Å². The van der Waals surface area contributed by atoms with Crippen molar-refractivity contribution >= 4 is 65.6 Å². The third-order valence-electron chi connectivity index (χ3n) is 4.32. The van der Waals surface area contributed by atoms with Crippen molar-refractivity contribution < 1.29 is 25.6 Å². The lowest BCUT2D eigenvalue weighted by molar-refractivity contribution is 0.484. The van der Waals surface area contributed by atoms with Gasteiger partial charge in [-0.1, -0.05) is 41.4 Å². The number of anilines is 2. The fourth-order valence-electron chi connectivity index (χ4n) is 2.87. The van der Waals surface area contributed by atoms with Gasteiger partial charge in [-0.25, -0.2) is 12.8 Å². The molecule has 3 aromatic carbocycles. The highest BCUT2D eigenvalue weighted by atomic mass is 35.5. The molecule has 0 aliphatic heterocycles. The maximum Gasteiger partial charge on any atom is 0.295 e. The Kier molecular flexibility index (Phi) is 5.80. The normalized spacial score (nSPS) is 12.1. The number of para-hydroxylation sites is 1. The average molecular weight is 515 g/mol. The van der Waals surface area contributed by atoms with Gasteiger partial charge in [0.1, 0.15) is 16.3 Å². The number of benzene rings is 3. The van der Waals surface area contributed by atoms with Gasteiger partial charge in [-0.3, -0.25) is 9.44 Å². The molecule has 4 aromatic rings. The molecule has 0 spiro atoms. The summed E-state index contributed by atoms with van der Waals surface area (Å²) in [5.41, 5.74) is -0.00236. The van der Waals surface area contributed by atoms with E-state index in [9.17, 15) is 21.2 Å².